The number of H-pyrrole nitrogens is 1. The van der Waals surface area contributed by atoms with Gasteiger partial charge < -0.3 is 10.6 Å². The standard InChI is InChI=1S/C24H19N9O3S/c34-22(25-10-13-1-2-15-11-28-37-21(15)7-13)19-9-20(27-12-26-19)23(35)29-18-6-3-14-8-16(4-5-17(14)18)33-24(36)30-31-32-33/h1-2,4-5,7-9,11-12,18H,3,6,10H2,(H,25,34)(H,29,35)(H,30,32,36)/t18-/m0/s1. The van der Waals surface area contributed by atoms with E-state index < -0.39 is 17.5 Å². The first-order chi connectivity index (χ1) is 18.0. The summed E-state index contributed by atoms with van der Waals surface area (Å²) in [4.78, 5) is 45.5. The Labute approximate surface area is 212 Å². The second-order valence-corrected chi connectivity index (χ2v) is 9.37. The van der Waals surface area contributed by atoms with Gasteiger partial charge >= 0.3 is 5.69 Å². The zero-order valence-electron chi connectivity index (χ0n) is 19.2. The van der Waals surface area contributed by atoms with Gasteiger partial charge in [-0.05, 0) is 69.7 Å². The second kappa shape index (κ2) is 9.35. The molecule has 3 N–H and O–H groups in total. The molecule has 0 spiro atoms. The molecular weight excluding hydrogens is 494 g/mol. The van der Waals surface area contributed by atoms with Gasteiger partial charge in [0.2, 0.25) is 0 Å². The van der Waals surface area contributed by atoms with Crippen LogP contribution in [0.25, 0.3) is 15.8 Å². The number of aryl methyl sites for hydroxylation is 1. The summed E-state index contributed by atoms with van der Waals surface area (Å²) in [6.07, 6.45) is 4.43. The van der Waals surface area contributed by atoms with Gasteiger partial charge in [0.05, 0.1) is 16.4 Å². The molecule has 3 heterocycles. The largest absolute Gasteiger partial charge is 0.365 e. The summed E-state index contributed by atoms with van der Waals surface area (Å²) in [5, 5.41) is 16.4. The summed E-state index contributed by atoms with van der Waals surface area (Å²) in [5.41, 5.74) is 3.29. The van der Waals surface area contributed by atoms with Crippen LogP contribution in [0.4, 0.5) is 0 Å². The topological polar surface area (TPSA) is 160 Å². The number of carbonyl (C=O) groups is 2. The minimum absolute atomic E-state index is 0.102. The summed E-state index contributed by atoms with van der Waals surface area (Å²) in [5.74, 6) is -0.801. The van der Waals surface area contributed by atoms with Gasteiger partial charge in [-0.15, -0.1) is 0 Å². The number of aromatic amines is 1. The van der Waals surface area contributed by atoms with Crippen molar-refractivity contribution in [3.63, 3.8) is 0 Å². The van der Waals surface area contributed by atoms with Crippen LogP contribution in [0.2, 0.25) is 0 Å². The molecule has 0 aliphatic heterocycles. The second-order valence-electron chi connectivity index (χ2n) is 8.54. The Morgan fingerprint density at radius 3 is 2.78 bits per heavy atom. The number of hydrogen-bond donors (Lipinski definition) is 3. The van der Waals surface area contributed by atoms with Crippen molar-refractivity contribution in [2.75, 3.05) is 0 Å². The van der Waals surface area contributed by atoms with E-state index in [1.165, 1.54) is 28.6 Å². The molecule has 3 aromatic heterocycles. The molecule has 2 amide bonds. The highest BCUT2D eigenvalue weighted by Crippen LogP contribution is 2.32. The first kappa shape index (κ1) is 22.7. The molecular formula is C24H19N9O3S. The molecule has 184 valence electrons. The highest BCUT2D eigenvalue weighted by molar-refractivity contribution is 7.13. The lowest BCUT2D eigenvalue weighted by Crippen LogP contribution is -2.29. The zero-order valence-corrected chi connectivity index (χ0v) is 20.0. The van der Waals surface area contributed by atoms with Crippen LogP contribution in [0.1, 0.15) is 50.1 Å². The summed E-state index contributed by atoms with van der Waals surface area (Å²) in [6, 6.07) is 12.5. The van der Waals surface area contributed by atoms with Crippen molar-refractivity contribution in [2.45, 2.75) is 25.4 Å². The van der Waals surface area contributed by atoms with Gasteiger partial charge in [-0.3, -0.25) is 9.59 Å². The molecule has 5 aromatic rings. The van der Waals surface area contributed by atoms with E-state index in [1.54, 1.807) is 12.3 Å². The lowest BCUT2D eigenvalue weighted by Gasteiger charge is -2.14. The van der Waals surface area contributed by atoms with E-state index in [0.717, 1.165) is 33.2 Å². The fraction of sp³-hybridized carbons (Fsp3) is 0.167. The number of tetrazole rings is 1. The molecule has 6 rings (SSSR count). The minimum atomic E-state index is -0.424. The number of nitrogens with one attached hydrogen (secondary N) is 3. The van der Waals surface area contributed by atoms with Crippen LogP contribution in [0.15, 0.2) is 59.8 Å². The summed E-state index contributed by atoms with van der Waals surface area (Å²) < 4.78 is 6.38. The number of nitrogens with zero attached hydrogens (tertiary/aromatic N) is 6. The first-order valence-electron chi connectivity index (χ1n) is 11.4. The van der Waals surface area contributed by atoms with Crippen molar-refractivity contribution in [2.24, 2.45) is 0 Å². The monoisotopic (exact) mass is 513 g/mol. The fourth-order valence-electron chi connectivity index (χ4n) is 4.38. The molecule has 1 aliphatic rings. The van der Waals surface area contributed by atoms with Crippen molar-refractivity contribution >= 4 is 33.4 Å². The number of rotatable bonds is 6. The summed E-state index contributed by atoms with van der Waals surface area (Å²) in [7, 11) is 0. The van der Waals surface area contributed by atoms with Crippen LogP contribution in [-0.2, 0) is 13.0 Å². The van der Waals surface area contributed by atoms with E-state index in [0.29, 0.717) is 18.7 Å². The predicted octanol–water partition coefficient (Wildman–Crippen LogP) is 1.70. The maximum absolute atomic E-state index is 13.0. The van der Waals surface area contributed by atoms with E-state index in [9.17, 15) is 14.4 Å². The highest BCUT2D eigenvalue weighted by Gasteiger charge is 2.26. The number of carbonyl (C=O) groups excluding carboxylic acids is 2. The SMILES string of the molecule is O=C(NCc1ccc2cnsc2c1)c1cc(C(=O)N[C@H]2CCc3cc(-n4nn[nH]c4=O)ccc32)ncn1. The number of aromatic nitrogens is 7. The number of hydrogen-bond acceptors (Lipinski definition) is 9. The van der Waals surface area contributed by atoms with Crippen LogP contribution in [0.5, 0.6) is 0 Å². The Kier molecular flexibility index (Phi) is 5.73. The van der Waals surface area contributed by atoms with Gasteiger partial charge in [-0.25, -0.2) is 19.9 Å². The molecule has 37 heavy (non-hydrogen) atoms. The molecule has 0 bridgehead atoms. The lowest BCUT2D eigenvalue weighted by atomic mass is 10.1. The molecule has 0 fully saturated rings. The third kappa shape index (κ3) is 4.47. The molecule has 0 saturated carbocycles. The van der Waals surface area contributed by atoms with Gasteiger partial charge in [0.25, 0.3) is 11.8 Å². The van der Waals surface area contributed by atoms with Crippen molar-refractivity contribution in [3.05, 3.63) is 93.6 Å². The third-order valence-corrected chi connectivity index (χ3v) is 6.99. The van der Waals surface area contributed by atoms with Crippen LogP contribution in [0.3, 0.4) is 0 Å². The van der Waals surface area contributed by atoms with Crippen LogP contribution >= 0.6 is 11.5 Å². The normalized spacial score (nSPS) is 14.4. The Bertz CT molecular complexity index is 1710. The molecule has 1 atom stereocenters. The summed E-state index contributed by atoms with van der Waals surface area (Å²) in [6.45, 7) is 0.319. The first-order valence-corrected chi connectivity index (χ1v) is 12.2. The van der Waals surface area contributed by atoms with Gasteiger partial charge in [0.1, 0.15) is 17.7 Å². The van der Waals surface area contributed by atoms with Crippen LogP contribution in [-0.4, -0.2) is 46.4 Å². The molecule has 2 aromatic carbocycles. The van der Waals surface area contributed by atoms with Gasteiger partial charge in [-0.1, -0.05) is 18.2 Å². The van der Waals surface area contributed by atoms with Gasteiger partial charge in [-0.2, -0.15) is 9.06 Å². The number of benzene rings is 2. The Morgan fingerprint density at radius 1 is 1.08 bits per heavy atom. The van der Waals surface area contributed by atoms with E-state index in [-0.39, 0.29) is 17.4 Å². The van der Waals surface area contributed by atoms with Crippen LogP contribution in [0, 0.1) is 0 Å². The Balaban J connectivity index is 1.12. The van der Waals surface area contributed by atoms with Crippen molar-refractivity contribution in [1.29, 1.82) is 0 Å². The highest BCUT2D eigenvalue weighted by atomic mass is 32.1. The molecule has 12 nitrogen and oxygen atoms in total. The average molecular weight is 514 g/mol. The third-order valence-electron chi connectivity index (χ3n) is 6.23. The Hall–Kier alpha value is -4.78. The molecule has 13 heteroatoms. The van der Waals surface area contributed by atoms with Gasteiger partial charge in [0, 0.05) is 24.2 Å². The van der Waals surface area contributed by atoms with E-state index >= 15 is 0 Å². The Morgan fingerprint density at radius 2 is 1.95 bits per heavy atom. The molecule has 0 radical (unpaired) electrons. The quantitative estimate of drug-likeness (QED) is 0.309. The van der Waals surface area contributed by atoms with Crippen molar-refractivity contribution in [3.8, 4) is 5.69 Å². The number of amides is 2. The maximum atomic E-state index is 13.0. The van der Waals surface area contributed by atoms with E-state index in [1.807, 2.05) is 30.3 Å². The molecule has 0 unspecified atom stereocenters. The summed E-state index contributed by atoms with van der Waals surface area (Å²) >= 11 is 1.40. The smallest absolute Gasteiger partial charge is 0.347 e. The minimum Gasteiger partial charge on any atom is -0.347 e. The van der Waals surface area contributed by atoms with Crippen molar-refractivity contribution in [1.82, 2.24) is 45.2 Å². The van der Waals surface area contributed by atoms with E-state index in [4.69, 9.17) is 0 Å². The predicted molar refractivity (Wildman–Crippen MR) is 133 cm³/mol. The molecule has 1 aliphatic carbocycles. The van der Waals surface area contributed by atoms with Crippen molar-refractivity contribution < 1.29 is 9.59 Å². The average Bonchev–Trinajstić information content (AvgIpc) is 3.66. The zero-order chi connectivity index (χ0) is 25.4. The molecule has 0 saturated heterocycles. The fourth-order valence-corrected chi connectivity index (χ4v) is 5.09. The van der Waals surface area contributed by atoms with E-state index in [2.05, 4.69) is 40.5 Å². The maximum Gasteiger partial charge on any atom is 0.365 e. The number of fused-ring (bicyclic) bond motifs is 2. The van der Waals surface area contributed by atoms with Gasteiger partial charge in [0.15, 0.2) is 0 Å². The lowest BCUT2D eigenvalue weighted by molar-refractivity contribution is 0.0931. The van der Waals surface area contributed by atoms with Crippen LogP contribution < -0.4 is 16.3 Å².